The summed E-state index contributed by atoms with van der Waals surface area (Å²) < 4.78 is 5.17. The van der Waals surface area contributed by atoms with Gasteiger partial charge >= 0.3 is 0 Å². The van der Waals surface area contributed by atoms with Gasteiger partial charge in [0.15, 0.2) is 5.78 Å². The molecule has 0 heterocycles. The summed E-state index contributed by atoms with van der Waals surface area (Å²) in [7, 11) is 1.63. The Morgan fingerprint density at radius 3 is 2.94 bits per heavy atom. The first kappa shape index (κ1) is 11.7. The highest BCUT2D eigenvalue weighted by Gasteiger charge is 2.37. The van der Waals surface area contributed by atoms with E-state index in [2.05, 4.69) is 5.92 Å². The molecule has 0 fully saturated rings. The first-order chi connectivity index (χ1) is 8.10. The van der Waals surface area contributed by atoms with Gasteiger partial charge in [-0.3, -0.25) is 4.79 Å². The maximum absolute atomic E-state index is 12.4. The first-order valence-corrected chi connectivity index (χ1v) is 5.76. The second kappa shape index (κ2) is 4.25. The zero-order valence-corrected chi connectivity index (χ0v) is 10.2. The SMILES string of the molecule is C#CC[C@]1(C)CCc2cc(OC)ccc2C1=O. The number of Topliss-reactive ketones (excluding diaryl/α,β-unsaturated/α-hetero) is 1. The van der Waals surface area contributed by atoms with E-state index in [1.54, 1.807) is 7.11 Å². The molecule has 1 aromatic rings. The van der Waals surface area contributed by atoms with Crippen LogP contribution in [0.15, 0.2) is 18.2 Å². The average molecular weight is 228 g/mol. The quantitative estimate of drug-likeness (QED) is 0.727. The van der Waals surface area contributed by atoms with E-state index in [-0.39, 0.29) is 5.78 Å². The second-order valence-corrected chi connectivity index (χ2v) is 4.79. The van der Waals surface area contributed by atoms with Gasteiger partial charge in [-0.1, -0.05) is 6.92 Å². The van der Waals surface area contributed by atoms with Crippen LogP contribution in [0.3, 0.4) is 0 Å². The number of terminal acetylenes is 1. The Morgan fingerprint density at radius 2 is 2.29 bits per heavy atom. The minimum Gasteiger partial charge on any atom is -0.497 e. The third-order valence-electron chi connectivity index (χ3n) is 3.54. The molecule has 0 saturated heterocycles. The lowest BCUT2D eigenvalue weighted by molar-refractivity contribution is 0.0791. The van der Waals surface area contributed by atoms with E-state index in [1.807, 2.05) is 25.1 Å². The molecule has 0 radical (unpaired) electrons. The van der Waals surface area contributed by atoms with E-state index in [0.29, 0.717) is 6.42 Å². The van der Waals surface area contributed by atoms with Crippen LogP contribution in [0.5, 0.6) is 5.75 Å². The van der Waals surface area contributed by atoms with Crippen LogP contribution in [-0.4, -0.2) is 12.9 Å². The number of rotatable bonds is 2. The monoisotopic (exact) mass is 228 g/mol. The molecule has 0 bridgehead atoms. The standard InChI is InChI=1S/C15H16O2/c1-4-8-15(2)9-7-11-10-12(17-3)5-6-13(11)14(15)16/h1,5-6,10H,7-9H2,2-3H3/t15-/m1/s1. The third-order valence-corrected chi connectivity index (χ3v) is 3.54. The van der Waals surface area contributed by atoms with Crippen molar-refractivity contribution < 1.29 is 9.53 Å². The lowest BCUT2D eigenvalue weighted by atomic mass is 9.70. The number of ether oxygens (including phenoxy) is 1. The molecule has 2 nitrogen and oxygen atoms in total. The van der Waals surface area contributed by atoms with Crippen molar-refractivity contribution >= 4 is 5.78 Å². The highest BCUT2D eigenvalue weighted by atomic mass is 16.5. The molecule has 0 spiro atoms. The Hall–Kier alpha value is -1.75. The van der Waals surface area contributed by atoms with E-state index >= 15 is 0 Å². The molecule has 0 unspecified atom stereocenters. The van der Waals surface area contributed by atoms with Gasteiger partial charge in [0.05, 0.1) is 7.11 Å². The van der Waals surface area contributed by atoms with Crippen molar-refractivity contribution in [2.24, 2.45) is 5.41 Å². The van der Waals surface area contributed by atoms with Gasteiger partial charge in [-0.25, -0.2) is 0 Å². The molecule has 1 aliphatic rings. The summed E-state index contributed by atoms with van der Waals surface area (Å²) in [6.07, 6.45) is 7.56. The van der Waals surface area contributed by atoms with Gasteiger partial charge < -0.3 is 4.74 Å². The van der Waals surface area contributed by atoms with Gasteiger partial charge in [-0.2, -0.15) is 0 Å². The van der Waals surface area contributed by atoms with Crippen molar-refractivity contribution in [1.29, 1.82) is 0 Å². The van der Waals surface area contributed by atoms with Crippen LogP contribution < -0.4 is 4.74 Å². The number of benzene rings is 1. The molecule has 0 aromatic heterocycles. The molecule has 2 heteroatoms. The van der Waals surface area contributed by atoms with E-state index in [4.69, 9.17) is 11.2 Å². The summed E-state index contributed by atoms with van der Waals surface area (Å²) in [5.41, 5.74) is 1.48. The van der Waals surface area contributed by atoms with Crippen molar-refractivity contribution in [3.63, 3.8) is 0 Å². The summed E-state index contributed by atoms with van der Waals surface area (Å²) in [5, 5.41) is 0. The van der Waals surface area contributed by atoms with Crippen LogP contribution in [-0.2, 0) is 6.42 Å². The predicted octanol–water partition coefficient (Wildman–Crippen LogP) is 2.85. The zero-order valence-electron chi connectivity index (χ0n) is 10.2. The van der Waals surface area contributed by atoms with Crippen molar-refractivity contribution in [2.75, 3.05) is 7.11 Å². The minimum absolute atomic E-state index is 0.166. The Labute approximate surface area is 102 Å². The molecule has 1 aromatic carbocycles. The number of ketones is 1. The molecular formula is C15H16O2. The van der Waals surface area contributed by atoms with E-state index in [0.717, 1.165) is 29.7 Å². The summed E-state index contributed by atoms with van der Waals surface area (Å²) in [6, 6.07) is 5.63. The van der Waals surface area contributed by atoms with Gasteiger partial charge in [0.1, 0.15) is 5.75 Å². The normalized spacial score (nSPS) is 22.8. The molecule has 2 rings (SSSR count). The Kier molecular flexibility index (Phi) is 2.93. The fraction of sp³-hybridized carbons (Fsp3) is 0.400. The van der Waals surface area contributed by atoms with Crippen LogP contribution in [0.4, 0.5) is 0 Å². The fourth-order valence-corrected chi connectivity index (χ4v) is 2.37. The third kappa shape index (κ3) is 1.93. The first-order valence-electron chi connectivity index (χ1n) is 5.76. The van der Waals surface area contributed by atoms with Gasteiger partial charge in [0, 0.05) is 17.4 Å². The maximum Gasteiger partial charge on any atom is 0.169 e. The highest BCUT2D eigenvalue weighted by Crippen LogP contribution is 2.38. The molecule has 0 amide bonds. The van der Waals surface area contributed by atoms with Crippen LogP contribution in [0.1, 0.15) is 35.7 Å². The number of aryl methyl sites for hydroxylation is 1. The number of hydrogen-bond acceptors (Lipinski definition) is 2. The number of carbonyl (C=O) groups is 1. The molecule has 1 atom stereocenters. The van der Waals surface area contributed by atoms with E-state index < -0.39 is 5.41 Å². The molecule has 0 N–H and O–H groups in total. The van der Waals surface area contributed by atoms with Crippen molar-refractivity contribution in [3.8, 4) is 18.1 Å². The predicted molar refractivity (Wildman–Crippen MR) is 67.2 cm³/mol. The van der Waals surface area contributed by atoms with Crippen molar-refractivity contribution in [3.05, 3.63) is 29.3 Å². The Morgan fingerprint density at radius 1 is 1.53 bits per heavy atom. The smallest absolute Gasteiger partial charge is 0.169 e. The molecule has 1 aliphatic carbocycles. The Balaban J connectivity index is 2.41. The zero-order chi connectivity index (χ0) is 12.5. The number of methoxy groups -OCH3 is 1. The average Bonchev–Trinajstić information content (AvgIpc) is 2.34. The topological polar surface area (TPSA) is 26.3 Å². The summed E-state index contributed by atoms with van der Waals surface area (Å²) >= 11 is 0. The minimum atomic E-state index is -0.393. The molecule has 0 aliphatic heterocycles. The molecule has 0 saturated carbocycles. The number of hydrogen-bond donors (Lipinski definition) is 0. The van der Waals surface area contributed by atoms with Gasteiger partial charge in [-0.15, -0.1) is 12.3 Å². The van der Waals surface area contributed by atoms with Gasteiger partial charge in [0.25, 0.3) is 0 Å². The summed E-state index contributed by atoms with van der Waals surface area (Å²) in [5.74, 6) is 3.59. The largest absolute Gasteiger partial charge is 0.497 e. The number of carbonyl (C=O) groups excluding carboxylic acids is 1. The van der Waals surface area contributed by atoms with Crippen molar-refractivity contribution in [1.82, 2.24) is 0 Å². The Bertz CT molecular complexity index is 496. The van der Waals surface area contributed by atoms with Crippen molar-refractivity contribution in [2.45, 2.75) is 26.2 Å². The lowest BCUT2D eigenvalue weighted by Gasteiger charge is -2.31. The van der Waals surface area contributed by atoms with Crippen LogP contribution >= 0.6 is 0 Å². The maximum atomic E-state index is 12.4. The summed E-state index contributed by atoms with van der Waals surface area (Å²) in [4.78, 5) is 12.4. The molecule has 17 heavy (non-hydrogen) atoms. The lowest BCUT2D eigenvalue weighted by Crippen LogP contribution is -2.33. The molecular weight excluding hydrogens is 212 g/mol. The van der Waals surface area contributed by atoms with E-state index in [9.17, 15) is 4.79 Å². The second-order valence-electron chi connectivity index (χ2n) is 4.79. The fourth-order valence-electron chi connectivity index (χ4n) is 2.37. The number of fused-ring (bicyclic) bond motifs is 1. The van der Waals surface area contributed by atoms with Crippen LogP contribution in [0, 0.1) is 17.8 Å². The molecule has 88 valence electrons. The summed E-state index contributed by atoms with van der Waals surface area (Å²) in [6.45, 7) is 1.96. The van der Waals surface area contributed by atoms with Crippen LogP contribution in [0.25, 0.3) is 0 Å². The van der Waals surface area contributed by atoms with Crippen LogP contribution in [0.2, 0.25) is 0 Å². The van der Waals surface area contributed by atoms with E-state index in [1.165, 1.54) is 0 Å². The highest BCUT2D eigenvalue weighted by molar-refractivity contribution is 6.02. The van der Waals surface area contributed by atoms with Gasteiger partial charge in [0.2, 0.25) is 0 Å². The van der Waals surface area contributed by atoms with Gasteiger partial charge in [-0.05, 0) is 36.6 Å².